The zero-order valence-corrected chi connectivity index (χ0v) is 6.95. The molecule has 9 heteroatoms. The minimum atomic E-state index is -4.35. The second-order valence-corrected chi connectivity index (χ2v) is 2.68. The molecule has 1 heterocycles. The Hall–Kier alpha value is -1.25. The van der Waals surface area contributed by atoms with Crippen molar-refractivity contribution < 1.29 is 29.5 Å². The fraction of sp³-hybridized carbons (Fsp3) is 0.250. The zero-order chi connectivity index (χ0) is 10.6. The van der Waals surface area contributed by atoms with Crippen LogP contribution in [-0.2, 0) is 17.2 Å². The first kappa shape index (κ1) is 11.8. The Morgan fingerprint density at radius 1 is 1.23 bits per heavy atom. The van der Waals surface area contributed by atoms with Crippen molar-refractivity contribution in [1.82, 2.24) is 0 Å². The van der Waals surface area contributed by atoms with Gasteiger partial charge in [0.15, 0.2) is 0 Å². The maximum Gasteiger partial charge on any atom is 1.15 e. The maximum absolute atomic E-state index is 12.1. The minimum Gasteiger partial charge on any atom is -0.554 e. The van der Waals surface area contributed by atoms with Crippen LogP contribution in [0.2, 0.25) is 0 Å². The Labute approximate surface area is 75.2 Å². The van der Waals surface area contributed by atoms with Crippen molar-refractivity contribution in [2.45, 2.75) is 5.92 Å². The zero-order valence-electron chi connectivity index (χ0n) is 5.79. The van der Waals surface area contributed by atoms with E-state index >= 15 is 0 Å². The number of hydrogen-bond acceptors (Lipinski definition) is 5. The largest absolute Gasteiger partial charge is 1.15 e. The average Bonchev–Trinajstić information content (AvgIpc) is 2.05. The van der Waals surface area contributed by atoms with Crippen molar-refractivity contribution in [3.8, 4) is 0 Å². The quantitative estimate of drug-likeness (QED) is 0.313. The molecule has 1 fully saturated rings. The molecule has 13 heavy (non-hydrogen) atoms. The van der Waals surface area contributed by atoms with Gasteiger partial charge in [0.2, 0.25) is 0 Å². The van der Waals surface area contributed by atoms with E-state index in [9.17, 15) is 21.9 Å². The first-order valence-corrected chi connectivity index (χ1v) is 3.99. The van der Waals surface area contributed by atoms with Gasteiger partial charge in [-0.15, -0.1) is 0 Å². The molecule has 0 bridgehead atoms. The van der Waals surface area contributed by atoms with Gasteiger partial charge in [-0.1, -0.05) is 0 Å². The van der Waals surface area contributed by atoms with Gasteiger partial charge in [0.1, 0.15) is 0 Å². The lowest BCUT2D eigenvalue weighted by molar-refractivity contribution is -0.189. The van der Waals surface area contributed by atoms with Crippen LogP contribution in [0.1, 0.15) is 0 Å². The Morgan fingerprint density at radius 3 is 1.85 bits per heavy atom. The summed E-state index contributed by atoms with van der Waals surface area (Å²) in [6, 6.07) is 0. The van der Waals surface area contributed by atoms with E-state index in [0.29, 0.717) is 0 Å². The standard InChI is InChI=1S/C3H2F2O4.CN.Al.FH/c4-3(5,1(6)7)2(8)9;1-2;;/h(H,6,7)(H,8,9);;;1H/q;-1;+3;/p-3. The summed E-state index contributed by atoms with van der Waals surface area (Å²) in [5.74, 6) is -8.70. The normalized spacial score (nSPS) is 19.3. The SMILES string of the molecule is O=C1[O][Al]([F])[O]C(=O)C1(F)F.[C-]#N. The maximum atomic E-state index is 12.1. The van der Waals surface area contributed by atoms with Crippen LogP contribution in [0, 0.1) is 11.8 Å². The number of carbonyl (C=O) groups excluding carboxylic acids is 2. The van der Waals surface area contributed by atoms with Crippen molar-refractivity contribution in [1.29, 1.82) is 5.26 Å². The molecule has 1 aliphatic rings. The van der Waals surface area contributed by atoms with Crippen molar-refractivity contribution in [3.05, 3.63) is 6.57 Å². The molecule has 0 aromatic heterocycles. The van der Waals surface area contributed by atoms with Gasteiger partial charge < -0.3 is 22.9 Å². The van der Waals surface area contributed by atoms with Crippen LogP contribution in [0.15, 0.2) is 0 Å². The van der Waals surface area contributed by atoms with Gasteiger partial charge in [0, 0.05) is 0 Å². The number of alkyl halides is 2. The van der Waals surface area contributed by atoms with E-state index in [1.165, 1.54) is 0 Å². The molecule has 0 aromatic rings. The highest BCUT2D eigenvalue weighted by atomic mass is 27.3. The lowest BCUT2D eigenvalue weighted by atomic mass is 10.3. The number of nitrogens with zero attached hydrogens (tertiary/aromatic N) is 1. The molecule has 0 spiro atoms. The summed E-state index contributed by atoms with van der Waals surface area (Å²) < 4.78 is 42.9. The predicted octanol–water partition coefficient (Wildman–Crippen LogP) is -0.228. The predicted molar refractivity (Wildman–Crippen MR) is 29.0 cm³/mol. The molecular formula is C4AlF3NO4-. The third-order valence-electron chi connectivity index (χ3n) is 0.912. The first-order valence-electron chi connectivity index (χ1n) is 2.61. The fourth-order valence-corrected chi connectivity index (χ4v) is 1.10. The topological polar surface area (TPSA) is 76.4 Å². The lowest BCUT2D eigenvalue weighted by Gasteiger charge is -2.20. The molecule has 0 atom stereocenters. The van der Waals surface area contributed by atoms with Crippen LogP contribution in [-0.4, -0.2) is 33.1 Å². The number of halogens is 3. The summed E-state index contributed by atoms with van der Waals surface area (Å²) in [6.45, 7) is 4.75. The Bertz CT molecular complexity index is 235. The molecule has 0 saturated carbocycles. The molecule has 0 N–H and O–H groups in total. The average molecular weight is 210 g/mol. The number of carbonyl (C=O) groups is 2. The summed E-state index contributed by atoms with van der Waals surface area (Å²) in [4.78, 5) is 20.1. The molecule has 0 aliphatic carbocycles. The van der Waals surface area contributed by atoms with E-state index in [1.807, 2.05) is 0 Å². The van der Waals surface area contributed by atoms with Crippen LogP contribution >= 0.6 is 0 Å². The van der Waals surface area contributed by atoms with Gasteiger partial charge in [-0.05, 0) is 0 Å². The summed E-state index contributed by atoms with van der Waals surface area (Å²) in [5, 5.41) is 6.25. The van der Waals surface area contributed by atoms with E-state index in [-0.39, 0.29) is 0 Å². The van der Waals surface area contributed by atoms with Gasteiger partial charge in [0.05, 0.1) is 0 Å². The third-order valence-corrected chi connectivity index (χ3v) is 1.71. The molecule has 0 aromatic carbocycles. The van der Waals surface area contributed by atoms with E-state index in [4.69, 9.17) is 11.8 Å². The van der Waals surface area contributed by atoms with E-state index in [2.05, 4.69) is 7.58 Å². The molecule has 70 valence electrons. The van der Waals surface area contributed by atoms with Crippen LogP contribution < -0.4 is 0 Å². The highest BCUT2D eigenvalue weighted by Gasteiger charge is 2.62. The van der Waals surface area contributed by atoms with E-state index in [1.54, 1.807) is 0 Å². The van der Waals surface area contributed by atoms with Gasteiger partial charge in [-0.25, -0.2) is 9.59 Å². The Balaban J connectivity index is 0.000000671. The lowest BCUT2D eigenvalue weighted by Crippen LogP contribution is -2.50. The van der Waals surface area contributed by atoms with Crippen molar-refractivity contribution in [3.63, 3.8) is 0 Å². The molecular weight excluding hydrogens is 210 g/mol. The number of rotatable bonds is 0. The summed E-state index contributed by atoms with van der Waals surface area (Å²) in [6.07, 6.45) is 0. The van der Waals surface area contributed by atoms with Crippen molar-refractivity contribution in [2.24, 2.45) is 0 Å². The van der Waals surface area contributed by atoms with Crippen molar-refractivity contribution in [2.75, 3.05) is 0 Å². The van der Waals surface area contributed by atoms with Gasteiger partial charge in [0.25, 0.3) is 0 Å². The molecule has 1 saturated heterocycles. The Morgan fingerprint density at radius 2 is 1.54 bits per heavy atom. The first-order chi connectivity index (χ1) is 5.94. The molecule has 0 radical (unpaired) electrons. The van der Waals surface area contributed by atoms with Crippen LogP contribution in [0.25, 0.3) is 0 Å². The van der Waals surface area contributed by atoms with Gasteiger partial charge in [-0.3, -0.25) is 0 Å². The molecule has 1 aliphatic heterocycles. The molecule has 0 unspecified atom stereocenters. The third kappa shape index (κ3) is 2.34. The minimum absolute atomic E-state index is 2.17. The molecule has 5 nitrogen and oxygen atoms in total. The monoisotopic (exact) mass is 210 g/mol. The molecule has 1 rings (SSSR count). The van der Waals surface area contributed by atoms with E-state index < -0.39 is 33.1 Å². The van der Waals surface area contributed by atoms with Gasteiger partial charge >= 0.3 is 33.1 Å². The van der Waals surface area contributed by atoms with Crippen LogP contribution in [0.4, 0.5) is 12.3 Å². The van der Waals surface area contributed by atoms with Crippen molar-refractivity contribution >= 4 is 27.2 Å². The smallest absolute Gasteiger partial charge is 0.554 e. The Kier molecular flexibility index (Phi) is 3.73. The van der Waals surface area contributed by atoms with Crippen LogP contribution in [0.3, 0.4) is 0 Å². The van der Waals surface area contributed by atoms with E-state index in [0.717, 1.165) is 0 Å². The summed E-state index contributed by atoms with van der Waals surface area (Å²) in [7, 11) is 0. The fourth-order valence-electron chi connectivity index (χ4n) is 0.424. The van der Waals surface area contributed by atoms with Gasteiger partial charge in [-0.2, -0.15) is 8.78 Å². The second-order valence-electron chi connectivity index (χ2n) is 1.66. The summed E-state index contributed by atoms with van der Waals surface area (Å²) >= 11 is -3.97. The molecule has 0 amide bonds. The highest BCUT2D eigenvalue weighted by molar-refractivity contribution is 6.44. The second kappa shape index (κ2) is 4.12. The number of hydrogen-bond donors (Lipinski definition) is 0. The highest BCUT2D eigenvalue weighted by Crippen LogP contribution is 2.23. The van der Waals surface area contributed by atoms with Crippen LogP contribution in [0.5, 0.6) is 0 Å². The summed E-state index contributed by atoms with van der Waals surface area (Å²) in [5.41, 5.74) is 0.